The Bertz CT molecular complexity index is 929. The van der Waals surface area contributed by atoms with Gasteiger partial charge in [-0.3, -0.25) is 0 Å². The van der Waals surface area contributed by atoms with Crippen LogP contribution in [0.15, 0.2) is 66.7 Å². The Labute approximate surface area is 170 Å². The van der Waals surface area contributed by atoms with Gasteiger partial charge in [0, 0.05) is 23.8 Å². The Morgan fingerprint density at radius 3 is 2.25 bits per heavy atom. The summed E-state index contributed by atoms with van der Waals surface area (Å²) in [5, 5.41) is 16.9. The molecule has 3 rings (SSSR count). The van der Waals surface area contributed by atoms with Crippen LogP contribution in [0.5, 0.6) is 5.75 Å². The molecule has 0 amide bonds. The molecule has 3 aromatic carbocycles. The van der Waals surface area contributed by atoms with E-state index >= 15 is 0 Å². The van der Waals surface area contributed by atoms with Crippen molar-refractivity contribution in [1.82, 2.24) is 5.32 Å². The van der Waals surface area contributed by atoms with Crippen molar-refractivity contribution >= 4 is 19.2 Å². The van der Waals surface area contributed by atoms with E-state index in [1.807, 2.05) is 24.3 Å². The fourth-order valence-corrected chi connectivity index (χ4v) is 4.54. The number of aryl methyl sites for hydroxylation is 1. The van der Waals surface area contributed by atoms with Gasteiger partial charge in [-0.1, -0.05) is 75.3 Å². The van der Waals surface area contributed by atoms with Crippen LogP contribution in [0.3, 0.4) is 0 Å². The lowest BCUT2D eigenvalue weighted by molar-refractivity contribution is 0.425. The van der Waals surface area contributed by atoms with Crippen LogP contribution in [0.2, 0.25) is 0 Å². The fraction of sp³-hybridized carbons (Fsp3) is 0.280. The van der Waals surface area contributed by atoms with E-state index in [1.165, 1.54) is 22.0 Å². The summed E-state index contributed by atoms with van der Waals surface area (Å²) in [6.07, 6.45) is 0.747. The molecule has 0 spiro atoms. The Balaban J connectivity index is 1.87. The molecule has 2 N–H and O–H groups in total. The number of benzene rings is 3. The zero-order chi connectivity index (χ0) is 20.1. The molecule has 0 saturated carbocycles. The maximum absolute atomic E-state index is 10.9. The topological polar surface area (TPSA) is 32.3 Å². The van der Waals surface area contributed by atoms with E-state index in [0.29, 0.717) is 14.3 Å². The number of para-hydroxylation sites is 1. The van der Waals surface area contributed by atoms with Gasteiger partial charge in [0.15, 0.2) is 0 Å². The molecule has 1 unspecified atom stereocenters. The molecule has 0 aliphatic heterocycles. The molecule has 0 aliphatic rings. The number of hydrogen-bond acceptors (Lipinski definition) is 2. The largest absolute Gasteiger partial charge is 0.507 e. The molecular formula is C25H30NOP. The summed E-state index contributed by atoms with van der Waals surface area (Å²) in [6.45, 7) is 9.54. The van der Waals surface area contributed by atoms with Crippen molar-refractivity contribution in [2.45, 2.75) is 46.2 Å². The van der Waals surface area contributed by atoms with E-state index < -0.39 is 0 Å². The van der Waals surface area contributed by atoms with Crippen LogP contribution in [0, 0.1) is 6.92 Å². The van der Waals surface area contributed by atoms with E-state index in [2.05, 4.69) is 75.5 Å². The zero-order valence-corrected chi connectivity index (χ0v) is 18.2. The molecule has 0 heterocycles. The summed E-state index contributed by atoms with van der Waals surface area (Å²) < 4.78 is 0. The highest BCUT2D eigenvalue weighted by Crippen LogP contribution is 2.26. The number of aromatic hydroxyl groups is 1. The third kappa shape index (κ3) is 5.44. The van der Waals surface area contributed by atoms with Crippen LogP contribution in [-0.4, -0.2) is 10.6 Å². The van der Waals surface area contributed by atoms with Crippen molar-refractivity contribution in [3.63, 3.8) is 0 Å². The molecule has 0 aliphatic carbocycles. The molecule has 1 atom stereocenters. The highest BCUT2D eigenvalue weighted by Gasteiger charge is 2.14. The van der Waals surface area contributed by atoms with Crippen molar-refractivity contribution in [3.8, 4) is 5.75 Å². The second-order valence-corrected chi connectivity index (χ2v) is 9.60. The first-order chi connectivity index (χ1) is 13.3. The molecule has 0 bridgehead atoms. The van der Waals surface area contributed by atoms with Gasteiger partial charge in [-0.05, 0) is 55.3 Å². The van der Waals surface area contributed by atoms with Crippen LogP contribution in [0.1, 0.15) is 43.0 Å². The van der Waals surface area contributed by atoms with Crippen LogP contribution in [0.25, 0.3) is 0 Å². The number of phenols is 1. The normalized spacial score (nSPS) is 12.0. The highest BCUT2D eigenvalue weighted by molar-refractivity contribution is 7.56. The smallest absolute Gasteiger partial charge is 0.126 e. The first-order valence-electron chi connectivity index (χ1n) is 9.79. The van der Waals surface area contributed by atoms with E-state index in [-0.39, 0.29) is 5.54 Å². The molecular weight excluding hydrogens is 361 g/mol. The number of hydrogen-bond donors (Lipinski definition) is 2. The Morgan fingerprint density at radius 2 is 1.54 bits per heavy atom. The van der Waals surface area contributed by atoms with Crippen LogP contribution < -0.4 is 15.9 Å². The minimum atomic E-state index is 0.0713. The summed E-state index contributed by atoms with van der Waals surface area (Å²) in [5.74, 6) is 0.433. The van der Waals surface area contributed by atoms with E-state index in [0.717, 1.165) is 23.8 Å². The average Bonchev–Trinajstić information content (AvgIpc) is 2.65. The lowest BCUT2D eigenvalue weighted by atomic mass is 10.0. The standard InChI is InChI=1S/C25H30NOP/c1-18-10-8-14-21(17-26-25(2,3)4)24(18)28-22-15-9-13-20(23(22)27)16-19-11-6-5-7-12-19/h5-15,26-28H,16-17H2,1-4H3. The first kappa shape index (κ1) is 20.6. The Hall–Kier alpha value is -2.15. The Kier molecular flexibility index (Phi) is 6.54. The van der Waals surface area contributed by atoms with Crippen molar-refractivity contribution in [2.24, 2.45) is 0 Å². The Morgan fingerprint density at radius 1 is 0.857 bits per heavy atom. The molecule has 0 fully saturated rings. The molecule has 0 saturated heterocycles. The van der Waals surface area contributed by atoms with Crippen molar-refractivity contribution in [1.29, 1.82) is 0 Å². The molecule has 2 nitrogen and oxygen atoms in total. The molecule has 3 heteroatoms. The van der Waals surface area contributed by atoms with Crippen LogP contribution >= 0.6 is 8.58 Å². The van der Waals surface area contributed by atoms with E-state index in [9.17, 15) is 5.11 Å². The van der Waals surface area contributed by atoms with Gasteiger partial charge in [0.05, 0.1) is 0 Å². The third-order valence-electron chi connectivity index (χ3n) is 4.78. The summed E-state index contributed by atoms with van der Waals surface area (Å²) in [6, 6.07) is 22.9. The van der Waals surface area contributed by atoms with Gasteiger partial charge >= 0.3 is 0 Å². The monoisotopic (exact) mass is 391 g/mol. The van der Waals surface area contributed by atoms with Crippen molar-refractivity contribution < 1.29 is 5.11 Å². The lowest BCUT2D eigenvalue weighted by Gasteiger charge is -2.22. The number of rotatable bonds is 6. The van der Waals surface area contributed by atoms with Crippen molar-refractivity contribution in [3.05, 3.63) is 89.0 Å². The maximum Gasteiger partial charge on any atom is 0.126 e. The van der Waals surface area contributed by atoms with Gasteiger partial charge in [-0.2, -0.15) is 0 Å². The van der Waals surface area contributed by atoms with Crippen LogP contribution in [-0.2, 0) is 13.0 Å². The average molecular weight is 391 g/mol. The summed E-state index contributed by atoms with van der Waals surface area (Å²) in [4.78, 5) is 0. The zero-order valence-electron chi connectivity index (χ0n) is 17.2. The first-order valence-corrected chi connectivity index (χ1v) is 10.8. The maximum atomic E-state index is 10.9. The molecule has 28 heavy (non-hydrogen) atoms. The summed E-state index contributed by atoms with van der Waals surface area (Å²) in [7, 11) is 0.434. The summed E-state index contributed by atoms with van der Waals surface area (Å²) >= 11 is 0. The van der Waals surface area contributed by atoms with Crippen molar-refractivity contribution in [2.75, 3.05) is 0 Å². The minimum absolute atomic E-state index is 0.0713. The predicted molar refractivity (Wildman–Crippen MR) is 123 cm³/mol. The van der Waals surface area contributed by atoms with Gasteiger partial charge in [0.2, 0.25) is 0 Å². The quantitative estimate of drug-likeness (QED) is 0.591. The fourth-order valence-electron chi connectivity index (χ4n) is 3.20. The van der Waals surface area contributed by atoms with Gasteiger partial charge in [0.1, 0.15) is 5.75 Å². The van der Waals surface area contributed by atoms with Gasteiger partial charge in [0.25, 0.3) is 0 Å². The molecule has 0 aromatic heterocycles. The third-order valence-corrected chi connectivity index (χ3v) is 6.42. The minimum Gasteiger partial charge on any atom is -0.507 e. The summed E-state index contributed by atoms with van der Waals surface area (Å²) in [5.41, 5.74) is 4.85. The number of phenolic OH excluding ortho intramolecular Hbond substituents is 1. The molecule has 0 radical (unpaired) electrons. The predicted octanol–water partition coefficient (Wildman–Crippen LogP) is 4.81. The molecule has 146 valence electrons. The van der Waals surface area contributed by atoms with Crippen LogP contribution in [0.4, 0.5) is 0 Å². The lowest BCUT2D eigenvalue weighted by Crippen LogP contribution is -2.36. The van der Waals surface area contributed by atoms with E-state index in [4.69, 9.17) is 0 Å². The van der Waals surface area contributed by atoms with E-state index in [1.54, 1.807) is 0 Å². The molecule has 3 aromatic rings. The van der Waals surface area contributed by atoms with Gasteiger partial charge in [-0.15, -0.1) is 0 Å². The van der Waals surface area contributed by atoms with Gasteiger partial charge in [-0.25, -0.2) is 0 Å². The van der Waals surface area contributed by atoms with Gasteiger partial charge < -0.3 is 10.4 Å². The number of nitrogens with one attached hydrogen (secondary N) is 1. The second kappa shape index (κ2) is 8.90. The highest BCUT2D eigenvalue weighted by atomic mass is 31.1. The second-order valence-electron chi connectivity index (χ2n) is 8.31. The SMILES string of the molecule is Cc1cccc(CNC(C)(C)C)c1Pc1cccc(Cc2ccccc2)c1O.